The molecule has 76 valence electrons. The van der Waals surface area contributed by atoms with Crippen molar-refractivity contribution < 1.29 is 5.21 Å². The maximum absolute atomic E-state index is 8.56. The number of hydrogen-bond acceptors (Lipinski definition) is 2. The van der Waals surface area contributed by atoms with Gasteiger partial charge >= 0.3 is 0 Å². The largest absolute Gasteiger partial charge is 0.411 e. The molecule has 0 unspecified atom stereocenters. The van der Waals surface area contributed by atoms with Crippen molar-refractivity contribution in [3.63, 3.8) is 0 Å². The second kappa shape index (κ2) is 4.00. The van der Waals surface area contributed by atoms with Crippen molar-refractivity contribution in [1.29, 1.82) is 0 Å². The summed E-state index contributed by atoms with van der Waals surface area (Å²) in [5.74, 6) is 0. The Morgan fingerprint density at radius 2 is 1.87 bits per heavy atom. The first-order valence-electron chi connectivity index (χ1n) is 4.74. The number of oxime groups is 1. The molecule has 2 rings (SSSR count). The van der Waals surface area contributed by atoms with E-state index in [0.717, 1.165) is 17.1 Å². The molecule has 0 aliphatic heterocycles. The van der Waals surface area contributed by atoms with Crippen LogP contribution in [-0.2, 0) is 0 Å². The molecule has 0 amide bonds. The van der Waals surface area contributed by atoms with Gasteiger partial charge in [-0.15, -0.1) is 0 Å². The molecule has 1 aromatic heterocycles. The Kier molecular flexibility index (Phi) is 2.54. The molecule has 0 saturated carbocycles. The van der Waals surface area contributed by atoms with E-state index in [1.807, 2.05) is 54.0 Å². The standard InChI is InChI=1S/C12H12N2O/c1-10-7-8-12(9-13-15)14(10)11-5-3-2-4-6-11/h2-9,15H,1H3. The average Bonchev–Trinajstić information content (AvgIpc) is 2.62. The Hall–Kier alpha value is -2.03. The van der Waals surface area contributed by atoms with Gasteiger partial charge < -0.3 is 9.77 Å². The quantitative estimate of drug-likeness (QED) is 0.451. The molecule has 0 saturated heterocycles. The number of benzene rings is 1. The molecule has 1 heterocycles. The normalized spacial score (nSPS) is 11.0. The van der Waals surface area contributed by atoms with Gasteiger partial charge in [0.2, 0.25) is 0 Å². The highest BCUT2D eigenvalue weighted by Gasteiger charge is 2.04. The van der Waals surface area contributed by atoms with Crippen LogP contribution in [0.25, 0.3) is 5.69 Å². The highest BCUT2D eigenvalue weighted by atomic mass is 16.4. The minimum atomic E-state index is 0.862. The van der Waals surface area contributed by atoms with E-state index >= 15 is 0 Å². The fourth-order valence-electron chi connectivity index (χ4n) is 1.65. The van der Waals surface area contributed by atoms with Crippen LogP contribution >= 0.6 is 0 Å². The summed E-state index contributed by atoms with van der Waals surface area (Å²) in [5.41, 5.74) is 3.03. The van der Waals surface area contributed by atoms with Gasteiger partial charge in [0.25, 0.3) is 0 Å². The van der Waals surface area contributed by atoms with Crippen molar-refractivity contribution in [1.82, 2.24) is 4.57 Å². The lowest BCUT2D eigenvalue weighted by molar-refractivity contribution is 0.321. The minimum Gasteiger partial charge on any atom is -0.411 e. The van der Waals surface area contributed by atoms with Crippen molar-refractivity contribution in [3.8, 4) is 5.69 Å². The number of nitrogens with zero attached hydrogens (tertiary/aromatic N) is 2. The van der Waals surface area contributed by atoms with Gasteiger partial charge in [0.05, 0.1) is 11.9 Å². The first-order chi connectivity index (χ1) is 7.33. The molecular weight excluding hydrogens is 188 g/mol. The lowest BCUT2D eigenvalue weighted by atomic mass is 10.3. The van der Waals surface area contributed by atoms with Crippen molar-refractivity contribution in [3.05, 3.63) is 53.9 Å². The first kappa shape index (κ1) is 9.52. The number of para-hydroxylation sites is 1. The third-order valence-corrected chi connectivity index (χ3v) is 2.31. The van der Waals surface area contributed by atoms with E-state index in [4.69, 9.17) is 5.21 Å². The molecule has 0 aliphatic carbocycles. The summed E-state index contributed by atoms with van der Waals surface area (Å²) in [7, 11) is 0. The predicted molar refractivity (Wildman–Crippen MR) is 59.9 cm³/mol. The van der Waals surface area contributed by atoms with Crippen LogP contribution in [0.3, 0.4) is 0 Å². The molecular formula is C12H12N2O. The van der Waals surface area contributed by atoms with Crippen LogP contribution in [0.5, 0.6) is 0 Å². The Morgan fingerprint density at radius 3 is 2.53 bits per heavy atom. The molecule has 3 heteroatoms. The maximum Gasteiger partial charge on any atom is 0.0901 e. The van der Waals surface area contributed by atoms with Crippen molar-refractivity contribution in [2.75, 3.05) is 0 Å². The average molecular weight is 200 g/mol. The molecule has 2 aromatic rings. The Balaban J connectivity index is 2.56. The first-order valence-corrected chi connectivity index (χ1v) is 4.74. The van der Waals surface area contributed by atoms with Gasteiger partial charge in [0.15, 0.2) is 0 Å². The SMILES string of the molecule is Cc1ccc(C=NO)n1-c1ccccc1. The third-order valence-electron chi connectivity index (χ3n) is 2.31. The van der Waals surface area contributed by atoms with Gasteiger partial charge in [-0.25, -0.2) is 0 Å². The number of hydrogen-bond donors (Lipinski definition) is 1. The highest BCUT2D eigenvalue weighted by molar-refractivity contribution is 5.78. The van der Waals surface area contributed by atoms with Crippen molar-refractivity contribution in [2.45, 2.75) is 6.92 Å². The molecule has 0 aliphatic rings. The molecule has 0 fully saturated rings. The molecule has 0 bridgehead atoms. The summed E-state index contributed by atoms with van der Waals surface area (Å²) in [6, 6.07) is 13.9. The van der Waals surface area contributed by atoms with Crippen LogP contribution in [0, 0.1) is 6.92 Å². The topological polar surface area (TPSA) is 37.5 Å². The number of rotatable bonds is 2. The zero-order valence-corrected chi connectivity index (χ0v) is 8.46. The van der Waals surface area contributed by atoms with Gasteiger partial charge in [-0.3, -0.25) is 0 Å². The molecule has 3 nitrogen and oxygen atoms in total. The molecule has 15 heavy (non-hydrogen) atoms. The second-order valence-corrected chi connectivity index (χ2v) is 3.32. The summed E-state index contributed by atoms with van der Waals surface area (Å²) < 4.78 is 2.03. The third kappa shape index (κ3) is 1.76. The molecule has 0 radical (unpaired) electrons. The molecule has 1 aromatic carbocycles. The molecule has 1 N–H and O–H groups in total. The monoisotopic (exact) mass is 200 g/mol. The highest BCUT2D eigenvalue weighted by Crippen LogP contribution is 2.14. The Morgan fingerprint density at radius 1 is 1.13 bits per heavy atom. The second-order valence-electron chi connectivity index (χ2n) is 3.32. The summed E-state index contributed by atoms with van der Waals surface area (Å²) in [4.78, 5) is 0. The Labute approximate surface area is 88.3 Å². The van der Waals surface area contributed by atoms with Crippen molar-refractivity contribution >= 4 is 6.21 Å². The van der Waals surface area contributed by atoms with E-state index in [0.29, 0.717) is 0 Å². The van der Waals surface area contributed by atoms with E-state index in [1.54, 1.807) is 0 Å². The van der Waals surface area contributed by atoms with Crippen LogP contribution in [0.4, 0.5) is 0 Å². The van der Waals surface area contributed by atoms with Gasteiger partial charge in [-0.1, -0.05) is 23.4 Å². The lowest BCUT2D eigenvalue weighted by Gasteiger charge is -2.08. The van der Waals surface area contributed by atoms with Crippen LogP contribution in [0.15, 0.2) is 47.6 Å². The zero-order valence-electron chi connectivity index (χ0n) is 8.46. The summed E-state index contributed by atoms with van der Waals surface area (Å²) in [6.45, 7) is 2.02. The van der Waals surface area contributed by atoms with Gasteiger partial charge in [-0.05, 0) is 31.2 Å². The predicted octanol–water partition coefficient (Wildman–Crippen LogP) is 2.59. The fourth-order valence-corrected chi connectivity index (χ4v) is 1.65. The van der Waals surface area contributed by atoms with Crippen LogP contribution in [0.1, 0.15) is 11.4 Å². The van der Waals surface area contributed by atoms with Crippen LogP contribution in [-0.4, -0.2) is 16.0 Å². The molecule has 0 atom stereocenters. The number of aryl methyl sites for hydroxylation is 1. The van der Waals surface area contributed by atoms with Gasteiger partial charge in [0.1, 0.15) is 0 Å². The van der Waals surface area contributed by atoms with Crippen molar-refractivity contribution in [2.24, 2.45) is 5.16 Å². The Bertz CT molecular complexity index is 472. The van der Waals surface area contributed by atoms with Crippen LogP contribution < -0.4 is 0 Å². The van der Waals surface area contributed by atoms with E-state index in [9.17, 15) is 0 Å². The van der Waals surface area contributed by atoms with Gasteiger partial charge in [-0.2, -0.15) is 0 Å². The van der Waals surface area contributed by atoms with E-state index in [-0.39, 0.29) is 0 Å². The van der Waals surface area contributed by atoms with Gasteiger partial charge in [0, 0.05) is 11.4 Å². The fraction of sp³-hybridized carbons (Fsp3) is 0.0833. The summed E-state index contributed by atoms with van der Waals surface area (Å²) in [5, 5.41) is 11.6. The minimum absolute atomic E-state index is 0.862. The summed E-state index contributed by atoms with van der Waals surface area (Å²) in [6.07, 6.45) is 1.43. The summed E-state index contributed by atoms with van der Waals surface area (Å²) >= 11 is 0. The molecule has 0 spiro atoms. The van der Waals surface area contributed by atoms with Crippen LogP contribution in [0.2, 0.25) is 0 Å². The maximum atomic E-state index is 8.56. The van der Waals surface area contributed by atoms with E-state index in [1.165, 1.54) is 6.21 Å². The lowest BCUT2D eigenvalue weighted by Crippen LogP contribution is -2.00. The van der Waals surface area contributed by atoms with E-state index < -0.39 is 0 Å². The smallest absolute Gasteiger partial charge is 0.0901 e. The number of aromatic nitrogens is 1. The van der Waals surface area contributed by atoms with E-state index in [2.05, 4.69) is 5.16 Å². The zero-order chi connectivity index (χ0) is 10.7.